The summed E-state index contributed by atoms with van der Waals surface area (Å²) < 4.78 is 34.2. The van der Waals surface area contributed by atoms with Gasteiger partial charge in [0.05, 0.1) is 19.8 Å². The van der Waals surface area contributed by atoms with Crippen molar-refractivity contribution in [3.8, 4) is 11.5 Å². The van der Waals surface area contributed by atoms with Gasteiger partial charge in [-0.3, -0.25) is 0 Å². The molecule has 5 nitrogen and oxygen atoms in total. The summed E-state index contributed by atoms with van der Waals surface area (Å²) in [5.41, 5.74) is 0.420. The summed E-state index contributed by atoms with van der Waals surface area (Å²) in [4.78, 5) is 0. The van der Waals surface area contributed by atoms with E-state index in [0.717, 1.165) is 0 Å². The van der Waals surface area contributed by atoms with Crippen molar-refractivity contribution in [2.45, 2.75) is 6.61 Å². The van der Waals surface area contributed by atoms with Crippen molar-refractivity contribution in [1.29, 1.82) is 0 Å². The monoisotopic (exact) mass is 274 g/mol. The first kappa shape index (κ1) is 15.7. The summed E-state index contributed by atoms with van der Waals surface area (Å²) in [6, 6.07) is 2.76. The van der Waals surface area contributed by atoms with Gasteiger partial charge in [-0.25, -0.2) is 4.39 Å². The SMILES string of the molecule is COCCOc1cc(CO)cc(F)c1OCCOC. The molecule has 0 amide bonds. The van der Waals surface area contributed by atoms with Gasteiger partial charge >= 0.3 is 0 Å². The van der Waals surface area contributed by atoms with E-state index in [1.807, 2.05) is 0 Å². The van der Waals surface area contributed by atoms with Gasteiger partial charge in [-0.2, -0.15) is 0 Å². The molecule has 108 valence electrons. The average molecular weight is 274 g/mol. The fraction of sp³-hybridized carbons (Fsp3) is 0.538. The highest BCUT2D eigenvalue weighted by Gasteiger charge is 2.14. The molecule has 0 spiro atoms. The van der Waals surface area contributed by atoms with Crippen LogP contribution in [-0.2, 0) is 16.1 Å². The van der Waals surface area contributed by atoms with E-state index in [1.54, 1.807) is 13.2 Å². The Morgan fingerprint density at radius 1 is 1.00 bits per heavy atom. The van der Waals surface area contributed by atoms with Gasteiger partial charge in [-0.1, -0.05) is 0 Å². The van der Waals surface area contributed by atoms with Crippen molar-refractivity contribution in [3.63, 3.8) is 0 Å². The summed E-state index contributed by atoms with van der Waals surface area (Å²) in [5, 5.41) is 9.06. The lowest BCUT2D eigenvalue weighted by molar-refractivity contribution is 0.129. The Labute approximate surface area is 111 Å². The Morgan fingerprint density at radius 2 is 1.63 bits per heavy atom. The third-order valence-corrected chi connectivity index (χ3v) is 2.33. The lowest BCUT2D eigenvalue weighted by atomic mass is 10.2. The lowest BCUT2D eigenvalue weighted by Crippen LogP contribution is -2.10. The number of methoxy groups -OCH3 is 2. The van der Waals surface area contributed by atoms with Crippen molar-refractivity contribution < 1.29 is 28.4 Å². The Morgan fingerprint density at radius 3 is 2.21 bits per heavy atom. The molecule has 1 N–H and O–H groups in total. The molecular weight excluding hydrogens is 255 g/mol. The van der Waals surface area contributed by atoms with Crippen molar-refractivity contribution >= 4 is 0 Å². The third kappa shape index (κ3) is 5.02. The second-order valence-corrected chi connectivity index (χ2v) is 3.75. The second kappa shape index (κ2) is 8.68. The van der Waals surface area contributed by atoms with E-state index in [0.29, 0.717) is 18.8 Å². The van der Waals surface area contributed by atoms with Crippen LogP contribution in [-0.4, -0.2) is 45.8 Å². The Balaban J connectivity index is 2.83. The van der Waals surface area contributed by atoms with E-state index in [-0.39, 0.29) is 31.3 Å². The minimum absolute atomic E-state index is 0.0188. The molecule has 0 fully saturated rings. The number of ether oxygens (including phenoxy) is 4. The molecule has 0 heterocycles. The van der Waals surface area contributed by atoms with E-state index in [2.05, 4.69) is 0 Å². The quantitative estimate of drug-likeness (QED) is 0.689. The molecule has 19 heavy (non-hydrogen) atoms. The molecule has 0 radical (unpaired) electrons. The van der Waals surface area contributed by atoms with Crippen LogP contribution in [0.1, 0.15) is 5.56 Å². The zero-order chi connectivity index (χ0) is 14.1. The first-order chi connectivity index (χ1) is 9.22. The number of hydrogen-bond donors (Lipinski definition) is 1. The van der Waals surface area contributed by atoms with Gasteiger partial charge in [0, 0.05) is 14.2 Å². The highest BCUT2D eigenvalue weighted by Crippen LogP contribution is 2.32. The van der Waals surface area contributed by atoms with E-state index in [9.17, 15) is 4.39 Å². The molecule has 0 aromatic heterocycles. The fourth-order valence-electron chi connectivity index (χ4n) is 1.42. The van der Waals surface area contributed by atoms with Crippen LogP contribution in [0.2, 0.25) is 0 Å². The summed E-state index contributed by atoms with van der Waals surface area (Å²) in [5.74, 6) is -0.308. The lowest BCUT2D eigenvalue weighted by Gasteiger charge is -2.14. The zero-order valence-corrected chi connectivity index (χ0v) is 11.1. The van der Waals surface area contributed by atoms with Gasteiger partial charge < -0.3 is 24.1 Å². The first-order valence-corrected chi connectivity index (χ1v) is 5.89. The van der Waals surface area contributed by atoms with Gasteiger partial charge in [-0.05, 0) is 17.7 Å². The fourth-order valence-corrected chi connectivity index (χ4v) is 1.42. The van der Waals surface area contributed by atoms with Crippen molar-refractivity contribution in [2.24, 2.45) is 0 Å². The molecule has 0 bridgehead atoms. The van der Waals surface area contributed by atoms with Crippen molar-refractivity contribution in [3.05, 3.63) is 23.5 Å². The number of aliphatic hydroxyl groups excluding tert-OH is 1. The molecule has 0 atom stereocenters. The van der Waals surface area contributed by atoms with E-state index >= 15 is 0 Å². The highest BCUT2D eigenvalue weighted by molar-refractivity contribution is 5.44. The summed E-state index contributed by atoms with van der Waals surface area (Å²) in [6.07, 6.45) is 0. The molecule has 1 aromatic rings. The number of benzene rings is 1. The molecule has 0 saturated carbocycles. The number of halogens is 1. The Bertz CT molecular complexity index is 384. The predicted octanol–water partition coefficient (Wildman–Crippen LogP) is 1.37. The van der Waals surface area contributed by atoms with E-state index in [1.165, 1.54) is 13.2 Å². The summed E-state index contributed by atoms with van der Waals surface area (Å²) in [7, 11) is 3.08. The second-order valence-electron chi connectivity index (χ2n) is 3.75. The smallest absolute Gasteiger partial charge is 0.197 e. The standard InChI is InChI=1S/C13H19FO5/c1-16-3-5-18-12-8-10(9-15)7-11(14)13(12)19-6-4-17-2/h7-8,15H,3-6,9H2,1-2H3. The number of rotatable bonds is 9. The highest BCUT2D eigenvalue weighted by atomic mass is 19.1. The maximum absolute atomic E-state index is 13.8. The van der Waals surface area contributed by atoms with Crippen LogP contribution < -0.4 is 9.47 Å². The molecule has 6 heteroatoms. The number of hydrogen-bond acceptors (Lipinski definition) is 5. The molecule has 1 aromatic carbocycles. The van der Waals surface area contributed by atoms with Crippen LogP contribution in [0.15, 0.2) is 12.1 Å². The molecule has 0 aliphatic heterocycles. The van der Waals surface area contributed by atoms with Crippen molar-refractivity contribution in [2.75, 3.05) is 40.6 Å². The molecular formula is C13H19FO5. The van der Waals surface area contributed by atoms with E-state index < -0.39 is 5.82 Å². The molecule has 0 unspecified atom stereocenters. The normalized spacial score (nSPS) is 10.5. The zero-order valence-electron chi connectivity index (χ0n) is 11.1. The third-order valence-electron chi connectivity index (χ3n) is 2.33. The van der Waals surface area contributed by atoms with Gasteiger partial charge in [-0.15, -0.1) is 0 Å². The van der Waals surface area contributed by atoms with E-state index in [4.69, 9.17) is 24.1 Å². The van der Waals surface area contributed by atoms with Crippen LogP contribution in [0.25, 0.3) is 0 Å². The maximum Gasteiger partial charge on any atom is 0.197 e. The Kier molecular flexibility index (Phi) is 7.17. The summed E-state index contributed by atoms with van der Waals surface area (Å²) >= 11 is 0. The molecule has 1 rings (SSSR count). The van der Waals surface area contributed by atoms with Crippen LogP contribution in [0, 0.1) is 5.82 Å². The van der Waals surface area contributed by atoms with Crippen LogP contribution >= 0.6 is 0 Å². The van der Waals surface area contributed by atoms with Gasteiger partial charge in [0.25, 0.3) is 0 Å². The first-order valence-electron chi connectivity index (χ1n) is 5.89. The topological polar surface area (TPSA) is 57.2 Å². The molecule has 0 aliphatic carbocycles. The molecule has 0 aliphatic rings. The van der Waals surface area contributed by atoms with Gasteiger partial charge in [0.2, 0.25) is 0 Å². The van der Waals surface area contributed by atoms with Crippen molar-refractivity contribution in [1.82, 2.24) is 0 Å². The van der Waals surface area contributed by atoms with Gasteiger partial charge in [0.15, 0.2) is 17.3 Å². The minimum Gasteiger partial charge on any atom is -0.487 e. The molecule has 0 saturated heterocycles. The minimum atomic E-state index is -0.574. The van der Waals surface area contributed by atoms with Crippen LogP contribution in [0.4, 0.5) is 4.39 Å². The maximum atomic E-state index is 13.8. The largest absolute Gasteiger partial charge is 0.487 e. The van der Waals surface area contributed by atoms with Crippen LogP contribution in [0.3, 0.4) is 0 Å². The predicted molar refractivity (Wildman–Crippen MR) is 67.1 cm³/mol. The average Bonchev–Trinajstić information content (AvgIpc) is 2.41. The number of aliphatic hydroxyl groups is 1. The Hall–Kier alpha value is -1.37. The summed E-state index contributed by atoms with van der Waals surface area (Å²) in [6.45, 7) is 0.940. The van der Waals surface area contributed by atoms with Crippen LogP contribution in [0.5, 0.6) is 11.5 Å². The van der Waals surface area contributed by atoms with Gasteiger partial charge in [0.1, 0.15) is 13.2 Å².